The molecule has 4 aromatic carbocycles. The van der Waals surface area contributed by atoms with E-state index in [1.165, 1.54) is 29.4 Å². The number of hydrogen-bond acceptors (Lipinski definition) is 6. The largest absolute Gasteiger partial charge is 0.398 e. The van der Waals surface area contributed by atoms with Gasteiger partial charge < -0.3 is 11.5 Å². The molecular formula is C24H18N2S4. The van der Waals surface area contributed by atoms with E-state index in [9.17, 15) is 0 Å². The van der Waals surface area contributed by atoms with E-state index < -0.39 is 0 Å². The molecule has 6 heteroatoms. The van der Waals surface area contributed by atoms with Gasteiger partial charge in [0.15, 0.2) is 0 Å². The first-order chi connectivity index (χ1) is 14.7. The third-order valence-electron chi connectivity index (χ3n) is 4.56. The van der Waals surface area contributed by atoms with E-state index in [4.69, 9.17) is 11.5 Å². The summed E-state index contributed by atoms with van der Waals surface area (Å²) in [6.07, 6.45) is 0. The summed E-state index contributed by atoms with van der Waals surface area (Å²) in [5.41, 5.74) is 13.8. The highest BCUT2D eigenvalue weighted by Gasteiger charge is 2.18. The third kappa shape index (κ3) is 4.18. The van der Waals surface area contributed by atoms with Crippen LogP contribution >= 0.6 is 47.0 Å². The maximum Gasteiger partial charge on any atom is 0.0455 e. The van der Waals surface area contributed by atoms with Crippen LogP contribution in [-0.2, 0) is 0 Å². The van der Waals surface area contributed by atoms with Gasteiger partial charge in [-0.05, 0) is 60.7 Å². The number of nitrogens with two attached hydrogens (primary N) is 2. The zero-order valence-electron chi connectivity index (χ0n) is 15.9. The van der Waals surface area contributed by atoms with E-state index in [0.29, 0.717) is 0 Å². The van der Waals surface area contributed by atoms with Gasteiger partial charge in [0, 0.05) is 50.5 Å². The topological polar surface area (TPSA) is 52.0 Å². The SMILES string of the molecule is Nc1ccccc1Sc1ccc2c(c1)Sc1ccc(Sc3ccccc3N)cc1S2. The summed E-state index contributed by atoms with van der Waals surface area (Å²) in [6.45, 7) is 0. The molecule has 4 aromatic rings. The number of fused-ring (bicyclic) bond motifs is 2. The highest BCUT2D eigenvalue weighted by Crippen LogP contribution is 2.51. The number of nitrogen functional groups attached to an aromatic ring is 2. The minimum atomic E-state index is 0.816. The Hall–Kier alpha value is -2.12. The number of anilines is 2. The number of para-hydroxylation sites is 2. The molecule has 1 aliphatic heterocycles. The van der Waals surface area contributed by atoms with Crippen LogP contribution in [0.1, 0.15) is 0 Å². The summed E-state index contributed by atoms with van der Waals surface area (Å²) in [5.74, 6) is 0. The second-order valence-corrected chi connectivity index (χ2v) is 11.1. The molecule has 30 heavy (non-hydrogen) atoms. The molecule has 0 saturated heterocycles. The van der Waals surface area contributed by atoms with Crippen LogP contribution in [0.5, 0.6) is 0 Å². The Bertz CT molecular complexity index is 1140. The molecule has 1 heterocycles. The van der Waals surface area contributed by atoms with E-state index in [0.717, 1.165) is 21.2 Å². The number of benzene rings is 4. The summed E-state index contributed by atoms with van der Waals surface area (Å²) in [4.78, 5) is 9.75. The molecule has 5 rings (SSSR count). The van der Waals surface area contributed by atoms with Crippen LogP contribution in [0.2, 0.25) is 0 Å². The average molecular weight is 463 g/mol. The fourth-order valence-corrected chi connectivity index (χ4v) is 7.29. The molecule has 0 fully saturated rings. The molecule has 0 aromatic heterocycles. The van der Waals surface area contributed by atoms with Crippen molar-refractivity contribution in [1.29, 1.82) is 0 Å². The zero-order valence-corrected chi connectivity index (χ0v) is 19.1. The summed E-state index contributed by atoms with van der Waals surface area (Å²) in [6, 6.07) is 29.3. The number of hydrogen-bond donors (Lipinski definition) is 2. The van der Waals surface area contributed by atoms with Gasteiger partial charge in [-0.25, -0.2) is 0 Å². The fourth-order valence-electron chi connectivity index (χ4n) is 3.07. The quantitative estimate of drug-likeness (QED) is 0.266. The highest BCUT2D eigenvalue weighted by atomic mass is 32.2. The van der Waals surface area contributed by atoms with Crippen LogP contribution in [0.25, 0.3) is 0 Å². The summed E-state index contributed by atoms with van der Waals surface area (Å²) in [5, 5.41) is 0. The Balaban J connectivity index is 1.37. The summed E-state index contributed by atoms with van der Waals surface area (Å²) in [7, 11) is 0. The average Bonchev–Trinajstić information content (AvgIpc) is 2.75. The third-order valence-corrected chi connectivity index (χ3v) is 9.25. The van der Waals surface area contributed by atoms with E-state index in [1.54, 1.807) is 23.5 Å². The lowest BCUT2D eigenvalue weighted by Gasteiger charge is -2.20. The van der Waals surface area contributed by atoms with Crippen molar-refractivity contribution < 1.29 is 0 Å². The Labute approximate surface area is 193 Å². The molecule has 0 spiro atoms. The van der Waals surface area contributed by atoms with Crippen molar-refractivity contribution in [3.63, 3.8) is 0 Å². The Morgan fingerprint density at radius 3 is 1.37 bits per heavy atom. The molecule has 148 valence electrons. The van der Waals surface area contributed by atoms with Crippen molar-refractivity contribution >= 4 is 58.4 Å². The zero-order chi connectivity index (χ0) is 20.5. The molecule has 0 atom stereocenters. The normalized spacial score (nSPS) is 12.3. The fraction of sp³-hybridized carbons (Fsp3) is 0. The van der Waals surface area contributed by atoms with Crippen molar-refractivity contribution in [2.24, 2.45) is 0 Å². The predicted octanol–water partition coefficient (Wildman–Crippen LogP) is 7.77. The van der Waals surface area contributed by atoms with Crippen LogP contribution in [-0.4, -0.2) is 0 Å². The second kappa shape index (κ2) is 8.55. The van der Waals surface area contributed by atoms with Gasteiger partial charge in [0.1, 0.15) is 0 Å². The van der Waals surface area contributed by atoms with Crippen molar-refractivity contribution in [2.75, 3.05) is 11.5 Å². The van der Waals surface area contributed by atoms with Gasteiger partial charge in [0.05, 0.1) is 0 Å². The van der Waals surface area contributed by atoms with Crippen molar-refractivity contribution in [2.45, 2.75) is 39.2 Å². The predicted molar refractivity (Wildman–Crippen MR) is 131 cm³/mol. The second-order valence-electron chi connectivity index (χ2n) is 6.70. The van der Waals surface area contributed by atoms with E-state index >= 15 is 0 Å². The highest BCUT2D eigenvalue weighted by molar-refractivity contribution is 8.05. The summed E-state index contributed by atoms with van der Waals surface area (Å²) >= 11 is 7.08. The van der Waals surface area contributed by atoms with Crippen molar-refractivity contribution in [3.8, 4) is 0 Å². The van der Waals surface area contributed by atoms with E-state index in [1.807, 2.05) is 59.9 Å². The smallest absolute Gasteiger partial charge is 0.0455 e. The molecule has 0 aliphatic carbocycles. The van der Waals surface area contributed by atoms with Gasteiger partial charge in [-0.3, -0.25) is 0 Å². The van der Waals surface area contributed by atoms with Gasteiger partial charge in [0.25, 0.3) is 0 Å². The first kappa shape index (κ1) is 19.8. The van der Waals surface area contributed by atoms with Gasteiger partial charge in [-0.2, -0.15) is 0 Å². The molecule has 0 radical (unpaired) electrons. The van der Waals surface area contributed by atoms with Gasteiger partial charge in [0.2, 0.25) is 0 Å². The Kier molecular flexibility index (Phi) is 5.65. The van der Waals surface area contributed by atoms with E-state index in [-0.39, 0.29) is 0 Å². The van der Waals surface area contributed by atoms with Crippen LogP contribution in [0.4, 0.5) is 11.4 Å². The molecule has 2 nitrogen and oxygen atoms in total. The lowest BCUT2D eigenvalue weighted by Crippen LogP contribution is -1.92. The van der Waals surface area contributed by atoms with Crippen molar-refractivity contribution in [3.05, 3.63) is 84.9 Å². The van der Waals surface area contributed by atoms with Crippen molar-refractivity contribution in [1.82, 2.24) is 0 Å². The first-order valence-corrected chi connectivity index (χ1v) is 12.6. The Morgan fingerprint density at radius 1 is 0.500 bits per heavy atom. The molecule has 0 bridgehead atoms. The number of rotatable bonds is 4. The van der Waals surface area contributed by atoms with Crippen LogP contribution in [0.15, 0.2) is 124 Å². The maximum absolute atomic E-state index is 6.11. The van der Waals surface area contributed by atoms with Crippen LogP contribution in [0.3, 0.4) is 0 Å². The molecule has 4 N–H and O–H groups in total. The molecule has 0 amide bonds. The minimum Gasteiger partial charge on any atom is -0.398 e. The molecule has 0 unspecified atom stereocenters. The minimum absolute atomic E-state index is 0.816. The Morgan fingerprint density at radius 2 is 0.933 bits per heavy atom. The standard InChI is InChI=1S/C24H18N2S4/c25-17-5-1-3-7-19(17)27-15-9-11-21-23(13-15)29-22-12-10-16(14-24(22)30-21)28-20-8-4-2-6-18(20)26/h1-14H,25-26H2. The summed E-state index contributed by atoms with van der Waals surface area (Å²) < 4.78 is 0. The first-order valence-electron chi connectivity index (χ1n) is 9.34. The lowest BCUT2D eigenvalue weighted by atomic mass is 10.3. The van der Waals surface area contributed by atoms with Gasteiger partial charge >= 0.3 is 0 Å². The van der Waals surface area contributed by atoms with E-state index in [2.05, 4.69) is 48.5 Å². The molecule has 1 aliphatic rings. The maximum atomic E-state index is 6.11. The lowest BCUT2D eigenvalue weighted by molar-refractivity contribution is 1.11. The van der Waals surface area contributed by atoms with Gasteiger partial charge in [-0.1, -0.05) is 71.3 Å². The van der Waals surface area contributed by atoms with Gasteiger partial charge in [-0.15, -0.1) is 0 Å². The van der Waals surface area contributed by atoms with Crippen LogP contribution in [0, 0.1) is 0 Å². The molecular weight excluding hydrogens is 445 g/mol. The monoisotopic (exact) mass is 462 g/mol. The molecule has 0 saturated carbocycles. The van der Waals surface area contributed by atoms with Crippen LogP contribution < -0.4 is 11.5 Å².